The van der Waals surface area contributed by atoms with Gasteiger partial charge in [0.2, 0.25) is 5.95 Å². The monoisotopic (exact) mass is 316 g/mol. The SMILES string of the molecule is Cc1cc(C(F)(F)F)nc(N2C[C@@H]3CCCN3C[C@@H]2CO)n1. The summed E-state index contributed by atoms with van der Waals surface area (Å²) >= 11 is 0. The first-order chi connectivity index (χ1) is 10.4. The minimum atomic E-state index is -4.49. The predicted octanol–water partition coefficient (Wildman–Crippen LogP) is 1.45. The summed E-state index contributed by atoms with van der Waals surface area (Å²) < 4.78 is 38.8. The summed E-state index contributed by atoms with van der Waals surface area (Å²) in [7, 11) is 0. The molecule has 8 heteroatoms. The molecule has 1 N–H and O–H groups in total. The zero-order valence-electron chi connectivity index (χ0n) is 12.3. The fourth-order valence-electron chi connectivity index (χ4n) is 3.32. The van der Waals surface area contributed by atoms with Crippen molar-refractivity contribution in [2.45, 2.75) is 38.0 Å². The predicted molar refractivity (Wildman–Crippen MR) is 74.6 cm³/mol. The van der Waals surface area contributed by atoms with Crippen LogP contribution in [0.25, 0.3) is 0 Å². The van der Waals surface area contributed by atoms with Crippen LogP contribution in [0.15, 0.2) is 6.07 Å². The Morgan fingerprint density at radius 1 is 1.32 bits per heavy atom. The molecule has 1 aromatic heterocycles. The summed E-state index contributed by atoms with van der Waals surface area (Å²) in [6.07, 6.45) is -2.39. The van der Waals surface area contributed by atoms with Crippen LogP contribution in [0.4, 0.5) is 19.1 Å². The van der Waals surface area contributed by atoms with Crippen LogP contribution in [0, 0.1) is 6.92 Å². The van der Waals surface area contributed by atoms with Crippen LogP contribution < -0.4 is 4.90 Å². The molecule has 2 fully saturated rings. The van der Waals surface area contributed by atoms with E-state index in [4.69, 9.17) is 0 Å². The van der Waals surface area contributed by atoms with Crippen molar-refractivity contribution in [1.82, 2.24) is 14.9 Å². The van der Waals surface area contributed by atoms with E-state index in [1.807, 2.05) is 0 Å². The van der Waals surface area contributed by atoms with Gasteiger partial charge in [-0.15, -0.1) is 0 Å². The van der Waals surface area contributed by atoms with Gasteiger partial charge in [-0.1, -0.05) is 0 Å². The highest BCUT2D eigenvalue weighted by Crippen LogP contribution is 2.31. The Hall–Kier alpha value is -1.41. The number of aliphatic hydroxyl groups is 1. The number of rotatable bonds is 2. The lowest BCUT2D eigenvalue weighted by Crippen LogP contribution is -2.58. The first-order valence-corrected chi connectivity index (χ1v) is 7.43. The molecule has 0 spiro atoms. The molecule has 3 rings (SSSR count). The van der Waals surface area contributed by atoms with Gasteiger partial charge in [-0.2, -0.15) is 13.2 Å². The van der Waals surface area contributed by atoms with E-state index in [1.54, 1.807) is 4.90 Å². The second-order valence-electron chi connectivity index (χ2n) is 5.97. The van der Waals surface area contributed by atoms with Gasteiger partial charge in [-0.3, -0.25) is 4.90 Å². The van der Waals surface area contributed by atoms with Crippen LogP contribution in [0.5, 0.6) is 0 Å². The standard InChI is InChI=1S/C14H19F3N4O/c1-9-5-12(14(15,16)17)19-13(18-9)21-7-10-3-2-4-20(10)6-11(21)8-22/h5,10-11,22H,2-4,6-8H2,1H3/t10-,11+/m0/s1. The molecule has 2 aliphatic heterocycles. The molecule has 5 nitrogen and oxygen atoms in total. The molecule has 0 radical (unpaired) electrons. The van der Waals surface area contributed by atoms with Crippen molar-refractivity contribution in [2.24, 2.45) is 0 Å². The Morgan fingerprint density at radius 2 is 2.09 bits per heavy atom. The molecular weight excluding hydrogens is 297 g/mol. The number of hydrogen-bond donors (Lipinski definition) is 1. The molecule has 3 heterocycles. The Balaban J connectivity index is 1.93. The lowest BCUT2D eigenvalue weighted by Gasteiger charge is -2.43. The van der Waals surface area contributed by atoms with Crippen molar-refractivity contribution in [3.63, 3.8) is 0 Å². The highest BCUT2D eigenvalue weighted by molar-refractivity contribution is 5.36. The quantitative estimate of drug-likeness (QED) is 0.895. The van der Waals surface area contributed by atoms with E-state index in [9.17, 15) is 18.3 Å². The Morgan fingerprint density at radius 3 is 2.77 bits per heavy atom. The summed E-state index contributed by atoms with van der Waals surface area (Å²) in [5.41, 5.74) is -0.650. The minimum absolute atomic E-state index is 0.0675. The van der Waals surface area contributed by atoms with E-state index in [-0.39, 0.29) is 24.3 Å². The number of nitrogens with zero attached hydrogens (tertiary/aromatic N) is 4. The molecule has 0 saturated carbocycles. The molecule has 0 bridgehead atoms. The second-order valence-corrected chi connectivity index (χ2v) is 5.97. The van der Waals surface area contributed by atoms with E-state index in [0.717, 1.165) is 25.5 Å². The highest BCUT2D eigenvalue weighted by Gasteiger charge is 2.39. The Labute approximate surface area is 126 Å². The van der Waals surface area contributed by atoms with Gasteiger partial charge in [-0.25, -0.2) is 9.97 Å². The van der Waals surface area contributed by atoms with E-state index < -0.39 is 11.9 Å². The van der Waals surface area contributed by atoms with Crippen molar-refractivity contribution >= 4 is 5.95 Å². The van der Waals surface area contributed by atoms with Crippen LogP contribution in [0.3, 0.4) is 0 Å². The average molecular weight is 316 g/mol. The van der Waals surface area contributed by atoms with Gasteiger partial charge in [0, 0.05) is 24.8 Å². The van der Waals surface area contributed by atoms with Gasteiger partial charge in [0.15, 0.2) is 0 Å². The summed E-state index contributed by atoms with van der Waals surface area (Å²) in [6, 6.07) is 0.988. The zero-order valence-corrected chi connectivity index (χ0v) is 12.3. The molecular formula is C14H19F3N4O. The molecule has 2 aliphatic rings. The van der Waals surface area contributed by atoms with E-state index in [2.05, 4.69) is 14.9 Å². The molecule has 0 unspecified atom stereocenters. The molecule has 122 valence electrons. The molecule has 2 atom stereocenters. The van der Waals surface area contributed by atoms with Gasteiger partial charge < -0.3 is 10.0 Å². The van der Waals surface area contributed by atoms with Crippen LogP contribution >= 0.6 is 0 Å². The number of hydrogen-bond acceptors (Lipinski definition) is 5. The maximum absolute atomic E-state index is 12.9. The zero-order chi connectivity index (χ0) is 15.9. The van der Waals surface area contributed by atoms with E-state index in [1.165, 1.54) is 6.92 Å². The number of aryl methyl sites for hydroxylation is 1. The largest absolute Gasteiger partial charge is 0.433 e. The molecule has 1 aromatic rings. The highest BCUT2D eigenvalue weighted by atomic mass is 19.4. The normalized spacial score (nSPS) is 26.3. The van der Waals surface area contributed by atoms with Crippen LogP contribution in [-0.4, -0.2) is 58.3 Å². The number of aliphatic hydroxyl groups excluding tert-OH is 1. The third-order valence-electron chi connectivity index (χ3n) is 4.39. The van der Waals surface area contributed by atoms with Gasteiger partial charge in [0.1, 0.15) is 5.69 Å². The number of fused-ring (bicyclic) bond motifs is 1. The summed E-state index contributed by atoms with van der Waals surface area (Å²) in [5.74, 6) is 0.0675. The topological polar surface area (TPSA) is 52.5 Å². The van der Waals surface area contributed by atoms with Crippen LogP contribution in [0.1, 0.15) is 24.2 Å². The molecule has 0 amide bonds. The lowest BCUT2D eigenvalue weighted by molar-refractivity contribution is -0.141. The van der Waals surface area contributed by atoms with E-state index in [0.29, 0.717) is 19.1 Å². The average Bonchev–Trinajstić information content (AvgIpc) is 2.91. The molecule has 0 aromatic carbocycles. The second kappa shape index (κ2) is 5.66. The minimum Gasteiger partial charge on any atom is -0.394 e. The van der Waals surface area contributed by atoms with Crippen LogP contribution in [0.2, 0.25) is 0 Å². The van der Waals surface area contributed by atoms with Crippen LogP contribution in [-0.2, 0) is 6.18 Å². The number of anilines is 1. The Kier molecular flexibility index (Phi) is 3.98. The number of piperazine rings is 1. The Bertz CT molecular complexity index is 551. The fraction of sp³-hybridized carbons (Fsp3) is 0.714. The van der Waals surface area contributed by atoms with Gasteiger partial charge >= 0.3 is 6.18 Å². The van der Waals surface area contributed by atoms with Gasteiger partial charge in [-0.05, 0) is 32.4 Å². The third-order valence-corrected chi connectivity index (χ3v) is 4.39. The van der Waals surface area contributed by atoms with Crippen molar-refractivity contribution < 1.29 is 18.3 Å². The fourth-order valence-corrected chi connectivity index (χ4v) is 3.32. The van der Waals surface area contributed by atoms with Gasteiger partial charge in [0.25, 0.3) is 0 Å². The van der Waals surface area contributed by atoms with Crippen molar-refractivity contribution in [3.05, 3.63) is 17.5 Å². The maximum Gasteiger partial charge on any atom is 0.433 e. The molecule has 0 aliphatic carbocycles. The van der Waals surface area contributed by atoms with Gasteiger partial charge in [0.05, 0.1) is 12.6 Å². The first kappa shape index (κ1) is 15.5. The lowest BCUT2D eigenvalue weighted by atomic mass is 10.1. The number of alkyl halides is 3. The summed E-state index contributed by atoms with van der Waals surface area (Å²) in [4.78, 5) is 11.9. The first-order valence-electron chi connectivity index (χ1n) is 7.43. The van der Waals surface area contributed by atoms with E-state index >= 15 is 0 Å². The third kappa shape index (κ3) is 2.89. The molecule has 2 saturated heterocycles. The summed E-state index contributed by atoms with van der Waals surface area (Å²) in [5, 5.41) is 9.60. The number of aromatic nitrogens is 2. The smallest absolute Gasteiger partial charge is 0.394 e. The van der Waals surface area contributed by atoms with Crippen molar-refractivity contribution in [1.29, 1.82) is 0 Å². The summed E-state index contributed by atoms with van der Waals surface area (Å²) in [6.45, 7) is 3.59. The molecule has 22 heavy (non-hydrogen) atoms. The maximum atomic E-state index is 12.9. The van der Waals surface area contributed by atoms with Crippen molar-refractivity contribution in [3.8, 4) is 0 Å². The van der Waals surface area contributed by atoms with Crippen molar-refractivity contribution in [2.75, 3.05) is 31.1 Å². The number of halogens is 3.